The summed E-state index contributed by atoms with van der Waals surface area (Å²) in [4.78, 5) is 0. The van der Waals surface area contributed by atoms with Gasteiger partial charge in [-0.2, -0.15) is 0 Å². The number of halogens is 1. The van der Waals surface area contributed by atoms with Crippen molar-refractivity contribution >= 4 is 15.9 Å². The molecule has 0 saturated carbocycles. The molecule has 0 bridgehead atoms. The van der Waals surface area contributed by atoms with Gasteiger partial charge in [0.2, 0.25) is 0 Å². The van der Waals surface area contributed by atoms with Crippen LogP contribution in [0.1, 0.15) is 11.1 Å². The lowest BCUT2D eigenvalue weighted by Gasteiger charge is -2.09. The number of aromatic hydroxyl groups is 3. The minimum Gasteiger partial charge on any atom is -0.507 e. The molecule has 4 heteroatoms. The Hall–Kier alpha value is -0.900. The van der Waals surface area contributed by atoms with Crippen molar-refractivity contribution in [3.8, 4) is 17.2 Å². The Kier molecular flexibility index (Phi) is 2.19. The Morgan fingerprint density at radius 3 is 1.50 bits per heavy atom. The zero-order valence-electron chi connectivity index (χ0n) is 6.72. The van der Waals surface area contributed by atoms with E-state index in [0.717, 1.165) is 0 Å². The molecule has 0 amide bonds. The van der Waals surface area contributed by atoms with Crippen molar-refractivity contribution in [3.63, 3.8) is 0 Å². The van der Waals surface area contributed by atoms with E-state index in [4.69, 9.17) is 0 Å². The number of benzene rings is 1. The fraction of sp³-hybridized carbons (Fsp3) is 0.250. The highest BCUT2D eigenvalue weighted by Gasteiger charge is 2.15. The lowest BCUT2D eigenvalue weighted by Crippen LogP contribution is -1.84. The quantitative estimate of drug-likeness (QED) is 0.643. The van der Waals surface area contributed by atoms with Gasteiger partial charge in [0.1, 0.15) is 21.7 Å². The molecule has 1 aromatic carbocycles. The summed E-state index contributed by atoms with van der Waals surface area (Å²) in [6.07, 6.45) is 0. The number of phenols is 3. The van der Waals surface area contributed by atoms with Crippen LogP contribution in [0, 0.1) is 13.8 Å². The molecular weight excluding hydrogens is 224 g/mol. The van der Waals surface area contributed by atoms with E-state index in [-0.39, 0.29) is 21.7 Å². The average Bonchev–Trinajstić information content (AvgIpc) is 2.08. The van der Waals surface area contributed by atoms with Gasteiger partial charge in [-0.25, -0.2) is 0 Å². The lowest BCUT2D eigenvalue weighted by atomic mass is 10.1. The Balaban J connectivity index is 3.60. The molecule has 0 spiro atoms. The highest BCUT2D eigenvalue weighted by atomic mass is 79.9. The van der Waals surface area contributed by atoms with Gasteiger partial charge in [-0.1, -0.05) is 0 Å². The Labute approximate surface area is 78.4 Å². The van der Waals surface area contributed by atoms with Crippen molar-refractivity contribution < 1.29 is 15.3 Å². The van der Waals surface area contributed by atoms with Gasteiger partial charge in [-0.15, -0.1) is 0 Å². The maximum atomic E-state index is 9.35. The average molecular weight is 233 g/mol. The monoisotopic (exact) mass is 232 g/mol. The van der Waals surface area contributed by atoms with E-state index in [0.29, 0.717) is 11.1 Å². The molecule has 0 saturated heterocycles. The molecular formula is C8H9BrO3. The molecule has 0 aliphatic heterocycles. The Bertz CT molecular complexity index is 229. The molecule has 0 aliphatic carbocycles. The highest BCUT2D eigenvalue weighted by Crippen LogP contribution is 2.43. The zero-order chi connectivity index (χ0) is 9.46. The second kappa shape index (κ2) is 2.86. The van der Waals surface area contributed by atoms with Crippen molar-refractivity contribution in [3.05, 3.63) is 15.6 Å². The summed E-state index contributed by atoms with van der Waals surface area (Å²) in [6, 6.07) is 0. The topological polar surface area (TPSA) is 60.7 Å². The van der Waals surface area contributed by atoms with E-state index in [1.807, 2.05) is 0 Å². The highest BCUT2D eigenvalue weighted by molar-refractivity contribution is 9.10. The molecule has 12 heavy (non-hydrogen) atoms. The standard InChI is InChI=1S/C8H9BrO3/c1-3-6(10)4(2)8(12)5(9)7(3)11/h10-12H,1-2H3. The van der Waals surface area contributed by atoms with Gasteiger partial charge in [0, 0.05) is 11.1 Å². The fourth-order valence-corrected chi connectivity index (χ4v) is 1.54. The van der Waals surface area contributed by atoms with Crippen LogP contribution >= 0.6 is 15.9 Å². The van der Waals surface area contributed by atoms with Crippen molar-refractivity contribution in [2.24, 2.45) is 0 Å². The smallest absolute Gasteiger partial charge is 0.140 e. The van der Waals surface area contributed by atoms with Crippen molar-refractivity contribution in [2.45, 2.75) is 13.8 Å². The normalized spacial score (nSPS) is 10.2. The summed E-state index contributed by atoms with van der Waals surface area (Å²) in [7, 11) is 0. The van der Waals surface area contributed by atoms with Crippen LogP contribution < -0.4 is 0 Å². The van der Waals surface area contributed by atoms with Gasteiger partial charge in [-0.05, 0) is 29.8 Å². The number of phenolic OH excluding ortho intramolecular Hbond substituents is 3. The van der Waals surface area contributed by atoms with Crippen LogP contribution in [0.2, 0.25) is 0 Å². The van der Waals surface area contributed by atoms with Crippen LogP contribution in [0.5, 0.6) is 17.2 Å². The van der Waals surface area contributed by atoms with Crippen LogP contribution in [0.3, 0.4) is 0 Å². The largest absolute Gasteiger partial charge is 0.507 e. The second-order valence-corrected chi connectivity index (χ2v) is 3.40. The number of hydrogen-bond acceptors (Lipinski definition) is 3. The third-order valence-corrected chi connectivity index (χ3v) is 2.59. The van der Waals surface area contributed by atoms with Crippen molar-refractivity contribution in [2.75, 3.05) is 0 Å². The van der Waals surface area contributed by atoms with Gasteiger partial charge >= 0.3 is 0 Å². The van der Waals surface area contributed by atoms with Crippen LogP contribution in [-0.2, 0) is 0 Å². The van der Waals surface area contributed by atoms with E-state index in [9.17, 15) is 15.3 Å². The van der Waals surface area contributed by atoms with E-state index in [2.05, 4.69) is 15.9 Å². The maximum Gasteiger partial charge on any atom is 0.140 e. The molecule has 3 N–H and O–H groups in total. The number of hydrogen-bond donors (Lipinski definition) is 3. The Morgan fingerprint density at radius 1 is 0.833 bits per heavy atom. The molecule has 3 nitrogen and oxygen atoms in total. The molecule has 0 fully saturated rings. The fourth-order valence-electron chi connectivity index (χ4n) is 0.947. The first-order valence-corrected chi connectivity index (χ1v) is 4.15. The number of rotatable bonds is 0. The predicted molar refractivity (Wildman–Crippen MR) is 48.6 cm³/mol. The summed E-state index contributed by atoms with van der Waals surface area (Å²) in [5.41, 5.74) is 0.717. The first kappa shape index (κ1) is 9.19. The molecule has 0 atom stereocenters. The van der Waals surface area contributed by atoms with Crippen LogP contribution in [0.25, 0.3) is 0 Å². The van der Waals surface area contributed by atoms with E-state index in [1.165, 1.54) is 0 Å². The van der Waals surface area contributed by atoms with Gasteiger partial charge in [0.25, 0.3) is 0 Å². The van der Waals surface area contributed by atoms with Crippen LogP contribution in [0.4, 0.5) is 0 Å². The van der Waals surface area contributed by atoms with E-state index < -0.39 is 0 Å². The van der Waals surface area contributed by atoms with Gasteiger partial charge in [-0.3, -0.25) is 0 Å². The van der Waals surface area contributed by atoms with E-state index in [1.54, 1.807) is 13.8 Å². The summed E-state index contributed by atoms with van der Waals surface area (Å²) < 4.78 is 0.218. The molecule has 1 aromatic rings. The summed E-state index contributed by atoms with van der Waals surface area (Å²) in [6.45, 7) is 3.14. The summed E-state index contributed by atoms with van der Waals surface area (Å²) >= 11 is 3.00. The first-order chi connectivity index (χ1) is 5.46. The van der Waals surface area contributed by atoms with E-state index >= 15 is 0 Å². The predicted octanol–water partition coefficient (Wildman–Crippen LogP) is 2.18. The molecule has 1 rings (SSSR count). The van der Waals surface area contributed by atoms with Gasteiger partial charge in [0.05, 0.1) is 0 Å². The van der Waals surface area contributed by atoms with Gasteiger partial charge < -0.3 is 15.3 Å². The third-order valence-electron chi connectivity index (χ3n) is 1.84. The SMILES string of the molecule is Cc1c(O)c(C)c(O)c(Br)c1O. The van der Waals surface area contributed by atoms with Crippen molar-refractivity contribution in [1.29, 1.82) is 0 Å². The zero-order valence-corrected chi connectivity index (χ0v) is 8.31. The molecule has 0 aromatic heterocycles. The van der Waals surface area contributed by atoms with Gasteiger partial charge in [0.15, 0.2) is 0 Å². The molecule has 0 unspecified atom stereocenters. The first-order valence-electron chi connectivity index (χ1n) is 3.36. The van der Waals surface area contributed by atoms with Crippen LogP contribution in [-0.4, -0.2) is 15.3 Å². The minimum atomic E-state index is -0.129. The van der Waals surface area contributed by atoms with Crippen molar-refractivity contribution in [1.82, 2.24) is 0 Å². The lowest BCUT2D eigenvalue weighted by molar-refractivity contribution is 0.413. The minimum absolute atomic E-state index is 0.0757. The molecule has 0 aliphatic rings. The summed E-state index contributed by atoms with van der Waals surface area (Å²) in [5, 5.41) is 28.0. The molecule has 0 radical (unpaired) electrons. The molecule has 0 heterocycles. The second-order valence-electron chi connectivity index (χ2n) is 2.61. The maximum absolute atomic E-state index is 9.35. The molecule has 66 valence electrons. The Morgan fingerprint density at radius 2 is 1.17 bits per heavy atom. The van der Waals surface area contributed by atoms with Crippen LogP contribution in [0.15, 0.2) is 4.47 Å². The summed E-state index contributed by atoms with van der Waals surface area (Å²) in [5.74, 6) is -0.334. The third kappa shape index (κ3) is 1.12.